The third-order valence-electron chi connectivity index (χ3n) is 1.83. The highest BCUT2D eigenvalue weighted by atomic mass is 16.4. The van der Waals surface area contributed by atoms with Crippen molar-refractivity contribution in [1.29, 1.82) is 0 Å². The smallest absolute Gasteiger partial charge is 0.307 e. The normalized spacial score (nSPS) is 9.71. The predicted octanol–water partition coefficient (Wildman–Crippen LogP) is 1.97. The van der Waals surface area contributed by atoms with Crippen LogP contribution in [0.25, 0.3) is 0 Å². The Hall–Kier alpha value is -1.77. The van der Waals surface area contributed by atoms with E-state index in [9.17, 15) is 9.90 Å². The standard InChI is InChI=1S/C11H12O3/c1-8(7-11(13)14)6-9-4-2-3-5-10(9)12/h2-5,12H,1,6-7H2,(H,13,14). The molecule has 0 radical (unpaired) electrons. The summed E-state index contributed by atoms with van der Waals surface area (Å²) in [5.74, 6) is -0.718. The van der Waals surface area contributed by atoms with Crippen molar-refractivity contribution in [2.75, 3.05) is 0 Å². The third-order valence-corrected chi connectivity index (χ3v) is 1.83. The maximum atomic E-state index is 10.4. The van der Waals surface area contributed by atoms with Gasteiger partial charge in [-0.1, -0.05) is 30.4 Å². The van der Waals surface area contributed by atoms with Crippen LogP contribution in [0.1, 0.15) is 12.0 Å². The Kier molecular flexibility index (Phi) is 3.29. The molecule has 0 bridgehead atoms. The van der Waals surface area contributed by atoms with Crippen LogP contribution in [-0.4, -0.2) is 16.2 Å². The molecular weight excluding hydrogens is 180 g/mol. The number of para-hydroxylation sites is 1. The first-order chi connectivity index (χ1) is 6.59. The molecule has 3 nitrogen and oxygen atoms in total. The summed E-state index contributed by atoms with van der Waals surface area (Å²) in [6.45, 7) is 3.64. The van der Waals surface area contributed by atoms with E-state index >= 15 is 0 Å². The van der Waals surface area contributed by atoms with Gasteiger partial charge >= 0.3 is 5.97 Å². The summed E-state index contributed by atoms with van der Waals surface area (Å²) in [6.07, 6.45) is 0.341. The molecule has 0 heterocycles. The SMILES string of the molecule is C=C(CC(=O)O)Cc1ccccc1O. The second-order valence-electron chi connectivity index (χ2n) is 3.13. The molecule has 1 aromatic carbocycles. The van der Waals surface area contributed by atoms with Crippen LogP contribution in [0.4, 0.5) is 0 Å². The van der Waals surface area contributed by atoms with E-state index < -0.39 is 5.97 Å². The number of phenols is 1. The van der Waals surface area contributed by atoms with Gasteiger partial charge in [-0.05, 0) is 18.1 Å². The van der Waals surface area contributed by atoms with Gasteiger partial charge in [0.05, 0.1) is 6.42 Å². The van der Waals surface area contributed by atoms with Gasteiger partial charge in [-0.2, -0.15) is 0 Å². The van der Waals surface area contributed by atoms with Crippen LogP contribution in [0, 0.1) is 0 Å². The number of carbonyl (C=O) groups is 1. The molecule has 14 heavy (non-hydrogen) atoms. The average molecular weight is 192 g/mol. The van der Waals surface area contributed by atoms with Gasteiger partial charge in [0.1, 0.15) is 5.75 Å². The maximum Gasteiger partial charge on any atom is 0.307 e. The number of carboxylic acid groups (broad SMARTS) is 1. The van der Waals surface area contributed by atoms with E-state index in [-0.39, 0.29) is 12.2 Å². The summed E-state index contributed by atoms with van der Waals surface area (Å²) in [7, 11) is 0. The number of phenolic OH excluding ortho intramolecular Hbond substituents is 1. The highest BCUT2D eigenvalue weighted by Gasteiger charge is 2.05. The summed E-state index contributed by atoms with van der Waals surface area (Å²) >= 11 is 0. The molecule has 0 unspecified atom stereocenters. The summed E-state index contributed by atoms with van der Waals surface area (Å²) in [6, 6.07) is 6.84. The molecule has 74 valence electrons. The largest absolute Gasteiger partial charge is 0.508 e. The number of carboxylic acids is 1. The van der Waals surface area contributed by atoms with Gasteiger partial charge in [-0.3, -0.25) is 4.79 Å². The Morgan fingerprint density at radius 1 is 1.36 bits per heavy atom. The third kappa shape index (κ3) is 2.94. The predicted molar refractivity (Wildman–Crippen MR) is 53.2 cm³/mol. The molecule has 0 saturated carbocycles. The minimum atomic E-state index is -0.898. The molecule has 3 heteroatoms. The lowest BCUT2D eigenvalue weighted by molar-refractivity contribution is -0.136. The highest BCUT2D eigenvalue weighted by molar-refractivity contribution is 5.70. The van der Waals surface area contributed by atoms with Crippen molar-refractivity contribution < 1.29 is 15.0 Å². The Balaban J connectivity index is 2.65. The summed E-state index contributed by atoms with van der Waals surface area (Å²) in [5.41, 5.74) is 1.29. The number of rotatable bonds is 4. The molecule has 0 amide bonds. The van der Waals surface area contributed by atoms with E-state index in [1.807, 2.05) is 0 Å². The van der Waals surface area contributed by atoms with E-state index in [2.05, 4.69) is 6.58 Å². The van der Waals surface area contributed by atoms with Crippen LogP contribution in [0.5, 0.6) is 5.75 Å². The van der Waals surface area contributed by atoms with Crippen molar-refractivity contribution in [3.63, 3.8) is 0 Å². The quantitative estimate of drug-likeness (QED) is 0.717. The van der Waals surface area contributed by atoms with E-state index in [4.69, 9.17) is 5.11 Å². The monoisotopic (exact) mass is 192 g/mol. The van der Waals surface area contributed by atoms with Gasteiger partial charge in [0.2, 0.25) is 0 Å². The molecule has 2 N–H and O–H groups in total. The van der Waals surface area contributed by atoms with Crippen molar-refractivity contribution in [2.24, 2.45) is 0 Å². The van der Waals surface area contributed by atoms with Crippen LogP contribution >= 0.6 is 0 Å². The molecule has 1 rings (SSSR count). The first kappa shape index (κ1) is 10.3. The van der Waals surface area contributed by atoms with Gasteiger partial charge in [0, 0.05) is 0 Å². The summed E-state index contributed by atoms with van der Waals surface area (Å²) < 4.78 is 0. The molecule has 0 aliphatic heterocycles. The number of benzene rings is 1. The van der Waals surface area contributed by atoms with Gasteiger partial charge in [-0.25, -0.2) is 0 Å². The highest BCUT2D eigenvalue weighted by Crippen LogP contribution is 2.19. The van der Waals surface area contributed by atoms with Crippen molar-refractivity contribution >= 4 is 5.97 Å². The van der Waals surface area contributed by atoms with Crippen LogP contribution in [-0.2, 0) is 11.2 Å². The van der Waals surface area contributed by atoms with Crippen LogP contribution in [0.15, 0.2) is 36.4 Å². The molecule has 0 saturated heterocycles. The lowest BCUT2D eigenvalue weighted by atomic mass is 10.0. The fraction of sp³-hybridized carbons (Fsp3) is 0.182. The van der Waals surface area contributed by atoms with Crippen LogP contribution in [0.2, 0.25) is 0 Å². The first-order valence-corrected chi connectivity index (χ1v) is 4.25. The number of hydrogen-bond acceptors (Lipinski definition) is 2. The minimum Gasteiger partial charge on any atom is -0.508 e. The minimum absolute atomic E-state index is 0.0612. The number of hydrogen-bond donors (Lipinski definition) is 2. The molecular formula is C11H12O3. The van der Waals surface area contributed by atoms with Crippen molar-refractivity contribution in [1.82, 2.24) is 0 Å². The lowest BCUT2D eigenvalue weighted by Crippen LogP contribution is -1.99. The molecule has 0 aliphatic rings. The Morgan fingerprint density at radius 2 is 2.00 bits per heavy atom. The molecule has 0 fully saturated rings. The van der Waals surface area contributed by atoms with E-state index in [1.54, 1.807) is 24.3 Å². The van der Waals surface area contributed by atoms with Gasteiger partial charge in [-0.15, -0.1) is 0 Å². The molecule has 1 aromatic rings. The summed E-state index contributed by atoms with van der Waals surface area (Å²) in [5, 5.41) is 17.9. The fourth-order valence-electron chi connectivity index (χ4n) is 1.21. The van der Waals surface area contributed by atoms with Crippen molar-refractivity contribution in [3.05, 3.63) is 42.0 Å². The van der Waals surface area contributed by atoms with Crippen molar-refractivity contribution in [3.8, 4) is 5.75 Å². The Morgan fingerprint density at radius 3 is 2.57 bits per heavy atom. The fourth-order valence-corrected chi connectivity index (χ4v) is 1.21. The van der Waals surface area contributed by atoms with Gasteiger partial charge < -0.3 is 10.2 Å². The zero-order chi connectivity index (χ0) is 10.6. The Bertz CT molecular complexity index is 355. The molecule has 0 aliphatic carbocycles. The topological polar surface area (TPSA) is 57.5 Å². The van der Waals surface area contributed by atoms with Crippen LogP contribution in [0.3, 0.4) is 0 Å². The number of aliphatic carboxylic acids is 1. The van der Waals surface area contributed by atoms with Gasteiger partial charge in [0.15, 0.2) is 0 Å². The van der Waals surface area contributed by atoms with E-state index in [0.29, 0.717) is 17.6 Å². The molecule has 0 spiro atoms. The van der Waals surface area contributed by atoms with E-state index in [1.165, 1.54) is 0 Å². The lowest BCUT2D eigenvalue weighted by Gasteiger charge is -2.04. The Labute approximate surface area is 82.3 Å². The van der Waals surface area contributed by atoms with Gasteiger partial charge in [0.25, 0.3) is 0 Å². The number of aromatic hydroxyl groups is 1. The second kappa shape index (κ2) is 4.46. The van der Waals surface area contributed by atoms with Crippen LogP contribution < -0.4 is 0 Å². The average Bonchev–Trinajstić information content (AvgIpc) is 2.07. The maximum absolute atomic E-state index is 10.4. The summed E-state index contributed by atoms with van der Waals surface area (Å²) in [4.78, 5) is 10.4. The molecule has 0 aromatic heterocycles. The zero-order valence-corrected chi connectivity index (χ0v) is 7.73. The zero-order valence-electron chi connectivity index (χ0n) is 7.73. The first-order valence-electron chi connectivity index (χ1n) is 4.25. The second-order valence-corrected chi connectivity index (χ2v) is 3.13. The molecule has 0 atom stereocenters. The van der Waals surface area contributed by atoms with E-state index in [0.717, 1.165) is 0 Å². The van der Waals surface area contributed by atoms with Crippen molar-refractivity contribution in [2.45, 2.75) is 12.8 Å².